The first-order valence-electron chi connectivity index (χ1n) is 9.22. The van der Waals surface area contributed by atoms with Crippen molar-refractivity contribution in [2.24, 2.45) is 0 Å². The maximum atomic E-state index is 13.3. The highest BCUT2D eigenvalue weighted by Gasteiger charge is 2.21. The van der Waals surface area contributed by atoms with E-state index in [1.807, 2.05) is 35.7 Å². The molecule has 0 aliphatic carbocycles. The number of ether oxygens (including phenoxy) is 2. The summed E-state index contributed by atoms with van der Waals surface area (Å²) in [6, 6.07) is 16.4. The number of carbonyl (C=O) groups excluding carboxylic acids is 2. The molecule has 0 saturated carbocycles. The van der Waals surface area contributed by atoms with Crippen LogP contribution in [0, 0.1) is 0 Å². The van der Waals surface area contributed by atoms with Crippen molar-refractivity contribution >= 4 is 34.5 Å². The number of fused-ring (bicyclic) bond motifs is 1. The smallest absolute Gasteiger partial charge is 0.258 e. The molecule has 0 fully saturated rings. The lowest BCUT2D eigenvalue weighted by Gasteiger charge is -2.25. The van der Waals surface area contributed by atoms with Gasteiger partial charge in [0.1, 0.15) is 13.2 Å². The zero-order valence-electron chi connectivity index (χ0n) is 15.9. The van der Waals surface area contributed by atoms with Gasteiger partial charge in [0.25, 0.3) is 5.91 Å². The summed E-state index contributed by atoms with van der Waals surface area (Å²) < 4.78 is 11.3. The molecule has 29 heavy (non-hydrogen) atoms. The van der Waals surface area contributed by atoms with E-state index in [2.05, 4.69) is 5.32 Å². The zero-order chi connectivity index (χ0) is 20.2. The van der Waals surface area contributed by atoms with Gasteiger partial charge >= 0.3 is 0 Å². The van der Waals surface area contributed by atoms with Crippen LogP contribution >= 0.6 is 11.3 Å². The van der Waals surface area contributed by atoms with Crippen molar-refractivity contribution in [3.63, 3.8) is 0 Å². The SMILES string of the molecule is CC(=O)Nc1ccc(C(=O)N(Cc2cccs2)c2ccc3c(c2)OCCO3)cc1. The molecule has 1 aliphatic rings. The van der Waals surface area contributed by atoms with E-state index >= 15 is 0 Å². The predicted octanol–water partition coefficient (Wildman–Crippen LogP) is 4.32. The van der Waals surface area contributed by atoms with Gasteiger partial charge in [-0.15, -0.1) is 11.3 Å². The van der Waals surface area contributed by atoms with Crippen LogP contribution in [0.2, 0.25) is 0 Å². The van der Waals surface area contributed by atoms with E-state index in [0.717, 1.165) is 10.6 Å². The molecule has 3 aromatic rings. The second kappa shape index (κ2) is 8.36. The molecule has 7 heteroatoms. The van der Waals surface area contributed by atoms with Gasteiger partial charge in [-0.2, -0.15) is 0 Å². The van der Waals surface area contributed by atoms with Crippen LogP contribution in [0.15, 0.2) is 60.0 Å². The summed E-state index contributed by atoms with van der Waals surface area (Å²) >= 11 is 1.60. The predicted molar refractivity (Wildman–Crippen MR) is 113 cm³/mol. The van der Waals surface area contributed by atoms with Gasteiger partial charge in [-0.05, 0) is 47.8 Å². The first kappa shape index (κ1) is 19.0. The van der Waals surface area contributed by atoms with E-state index in [9.17, 15) is 9.59 Å². The molecule has 0 saturated heterocycles. The van der Waals surface area contributed by atoms with Crippen LogP contribution in [0.5, 0.6) is 11.5 Å². The standard InChI is InChI=1S/C22H20N2O4S/c1-15(25)23-17-6-4-16(5-7-17)22(26)24(14-19-3-2-12-29-19)18-8-9-20-21(13-18)28-11-10-27-20/h2-9,12-13H,10-11,14H2,1H3,(H,23,25). The molecule has 1 N–H and O–H groups in total. The highest BCUT2D eigenvalue weighted by atomic mass is 32.1. The molecule has 2 aromatic carbocycles. The highest BCUT2D eigenvalue weighted by molar-refractivity contribution is 7.09. The van der Waals surface area contributed by atoms with E-state index in [1.54, 1.807) is 40.5 Å². The Bertz CT molecular complexity index is 1020. The molecule has 6 nitrogen and oxygen atoms in total. The van der Waals surface area contributed by atoms with Crippen LogP contribution < -0.4 is 19.7 Å². The lowest BCUT2D eigenvalue weighted by molar-refractivity contribution is -0.114. The van der Waals surface area contributed by atoms with Crippen LogP contribution in [0.4, 0.5) is 11.4 Å². The number of hydrogen-bond acceptors (Lipinski definition) is 5. The topological polar surface area (TPSA) is 67.9 Å². The lowest BCUT2D eigenvalue weighted by Crippen LogP contribution is -2.30. The molecule has 0 atom stereocenters. The van der Waals surface area contributed by atoms with E-state index in [0.29, 0.717) is 42.5 Å². The first-order valence-corrected chi connectivity index (χ1v) is 10.1. The fourth-order valence-electron chi connectivity index (χ4n) is 3.09. The van der Waals surface area contributed by atoms with Gasteiger partial charge in [-0.3, -0.25) is 9.59 Å². The molecule has 4 rings (SSSR count). The molecular formula is C22H20N2O4S. The van der Waals surface area contributed by atoms with E-state index in [1.165, 1.54) is 6.92 Å². The summed E-state index contributed by atoms with van der Waals surface area (Å²) in [6.45, 7) is 2.90. The van der Waals surface area contributed by atoms with Crippen LogP contribution in [-0.4, -0.2) is 25.0 Å². The van der Waals surface area contributed by atoms with Gasteiger partial charge in [-0.25, -0.2) is 0 Å². The molecule has 1 aromatic heterocycles. The first-order chi connectivity index (χ1) is 14.1. The molecule has 0 unspecified atom stereocenters. The number of nitrogens with zero attached hydrogens (tertiary/aromatic N) is 1. The Morgan fingerprint density at radius 3 is 2.48 bits per heavy atom. The number of hydrogen-bond donors (Lipinski definition) is 1. The summed E-state index contributed by atoms with van der Waals surface area (Å²) in [7, 11) is 0. The number of amides is 2. The fourth-order valence-corrected chi connectivity index (χ4v) is 3.79. The average Bonchev–Trinajstić information content (AvgIpc) is 3.25. The Hall–Kier alpha value is -3.32. The molecule has 2 amide bonds. The van der Waals surface area contributed by atoms with E-state index < -0.39 is 0 Å². The minimum atomic E-state index is -0.153. The monoisotopic (exact) mass is 408 g/mol. The Morgan fingerprint density at radius 2 is 1.79 bits per heavy atom. The van der Waals surface area contributed by atoms with Gasteiger partial charge < -0.3 is 19.7 Å². The molecule has 0 radical (unpaired) electrons. The normalized spacial score (nSPS) is 12.3. The Labute approximate surface area is 172 Å². The number of rotatable bonds is 5. The van der Waals surface area contributed by atoms with Crippen molar-refractivity contribution in [2.75, 3.05) is 23.4 Å². The number of anilines is 2. The quantitative estimate of drug-likeness (QED) is 0.683. The van der Waals surface area contributed by atoms with Crippen molar-refractivity contribution in [2.45, 2.75) is 13.5 Å². The second-order valence-corrected chi connectivity index (χ2v) is 7.59. The van der Waals surface area contributed by atoms with Gasteiger partial charge in [0.2, 0.25) is 5.91 Å². The molecule has 1 aliphatic heterocycles. The minimum Gasteiger partial charge on any atom is -0.486 e. The molecule has 2 heterocycles. The van der Waals surface area contributed by atoms with E-state index in [4.69, 9.17) is 9.47 Å². The number of carbonyl (C=O) groups is 2. The third-order valence-corrected chi connectivity index (χ3v) is 5.29. The zero-order valence-corrected chi connectivity index (χ0v) is 16.7. The molecular weight excluding hydrogens is 388 g/mol. The Balaban J connectivity index is 1.65. The molecule has 0 bridgehead atoms. The van der Waals surface area contributed by atoms with Gasteiger partial charge in [-0.1, -0.05) is 6.07 Å². The van der Waals surface area contributed by atoms with Crippen LogP contribution in [0.25, 0.3) is 0 Å². The molecule has 0 spiro atoms. The van der Waals surface area contributed by atoms with Gasteiger partial charge in [0, 0.05) is 34.8 Å². The third-order valence-electron chi connectivity index (χ3n) is 4.43. The maximum absolute atomic E-state index is 13.3. The highest BCUT2D eigenvalue weighted by Crippen LogP contribution is 2.35. The Kier molecular flexibility index (Phi) is 5.48. The number of benzene rings is 2. The average molecular weight is 408 g/mol. The van der Waals surface area contributed by atoms with Crippen LogP contribution in [0.3, 0.4) is 0 Å². The number of nitrogens with one attached hydrogen (secondary N) is 1. The third kappa shape index (κ3) is 4.41. The maximum Gasteiger partial charge on any atom is 0.258 e. The largest absolute Gasteiger partial charge is 0.486 e. The summed E-state index contributed by atoms with van der Waals surface area (Å²) in [6.07, 6.45) is 0. The van der Waals surface area contributed by atoms with E-state index in [-0.39, 0.29) is 11.8 Å². The van der Waals surface area contributed by atoms with Crippen LogP contribution in [0.1, 0.15) is 22.2 Å². The van der Waals surface area contributed by atoms with Crippen molar-refractivity contribution in [3.05, 3.63) is 70.4 Å². The summed E-state index contributed by atoms with van der Waals surface area (Å²) in [4.78, 5) is 27.3. The summed E-state index contributed by atoms with van der Waals surface area (Å²) in [5.74, 6) is 1.03. The van der Waals surface area contributed by atoms with Gasteiger partial charge in [0.05, 0.1) is 6.54 Å². The minimum absolute atomic E-state index is 0.135. The van der Waals surface area contributed by atoms with Gasteiger partial charge in [0.15, 0.2) is 11.5 Å². The van der Waals surface area contributed by atoms with Crippen molar-refractivity contribution in [1.29, 1.82) is 0 Å². The number of thiophene rings is 1. The van der Waals surface area contributed by atoms with Crippen molar-refractivity contribution in [1.82, 2.24) is 0 Å². The fraction of sp³-hybridized carbons (Fsp3) is 0.182. The van der Waals surface area contributed by atoms with Crippen molar-refractivity contribution in [3.8, 4) is 11.5 Å². The van der Waals surface area contributed by atoms with Crippen molar-refractivity contribution < 1.29 is 19.1 Å². The molecule has 148 valence electrons. The van der Waals surface area contributed by atoms with Crippen LogP contribution in [-0.2, 0) is 11.3 Å². The lowest BCUT2D eigenvalue weighted by atomic mass is 10.1. The Morgan fingerprint density at radius 1 is 1.03 bits per heavy atom. The summed E-state index contributed by atoms with van der Waals surface area (Å²) in [5, 5.41) is 4.70. The second-order valence-electron chi connectivity index (χ2n) is 6.56. The summed E-state index contributed by atoms with van der Waals surface area (Å²) in [5.41, 5.74) is 1.92.